The number of aromatic nitrogens is 2. The highest BCUT2D eigenvalue weighted by Crippen LogP contribution is 2.38. The van der Waals surface area contributed by atoms with Crippen LogP contribution >= 0.6 is 23.2 Å². The van der Waals surface area contributed by atoms with Crippen molar-refractivity contribution in [2.24, 2.45) is 11.8 Å². The minimum atomic E-state index is -0.0789. The van der Waals surface area contributed by atoms with Crippen molar-refractivity contribution < 1.29 is 4.79 Å². The average Bonchev–Trinajstić information content (AvgIpc) is 3.26. The summed E-state index contributed by atoms with van der Waals surface area (Å²) in [6.45, 7) is 2.44. The van der Waals surface area contributed by atoms with E-state index >= 15 is 0 Å². The van der Waals surface area contributed by atoms with Crippen LogP contribution < -0.4 is 5.32 Å². The molecule has 1 saturated heterocycles. The molecule has 3 atom stereocenters. The van der Waals surface area contributed by atoms with Crippen molar-refractivity contribution in [2.75, 3.05) is 13.1 Å². The number of likely N-dealkylation sites (tertiary alicyclic amines) is 1. The Morgan fingerprint density at radius 3 is 2.60 bits per heavy atom. The lowest BCUT2D eigenvalue weighted by atomic mass is 10.0. The van der Waals surface area contributed by atoms with Crippen LogP contribution in [0.3, 0.4) is 0 Å². The van der Waals surface area contributed by atoms with Crippen LogP contribution in [0, 0.1) is 11.8 Å². The number of carbonyl (C=O) groups excluding carboxylic acids is 1. The number of nitrogens with one attached hydrogen (secondary N) is 1. The first kappa shape index (κ1) is 16.9. The number of hydrogen-bond donors (Lipinski definition) is 1. The van der Waals surface area contributed by atoms with Gasteiger partial charge in [-0.1, -0.05) is 35.3 Å². The summed E-state index contributed by atoms with van der Waals surface area (Å²) in [4.78, 5) is 14.3. The number of nitrogens with zero attached hydrogens (tertiary/aromatic N) is 3. The number of fused-ring (bicyclic) bond motifs is 1. The molecule has 2 aromatic rings. The van der Waals surface area contributed by atoms with Gasteiger partial charge < -0.3 is 10.2 Å². The maximum Gasteiger partial charge on any atom is 0.344 e. The topological polar surface area (TPSA) is 50.2 Å². The van der Waals surface area contributed by atoms with Gasteiger partial charge in [-0.3, -0.25) is 0 Å². The van der Waals surface area contributed by atoms with E-state index in [9.17, 15) is 4.79 Å². The van der Waals surface area contributed by atoms with Gasteiger partial charge in [-0.05, 0) is 42.4 Å². The van der Waals surface area contributed by atoms with E-state index in [1.165, 1.54) is 16.4 Å². The van der Waals surface area contributed by atoms with E-state index in [1.54, 1.807) is 6.20 Å². The summed E-state index contributed by atoms with van der Waals surface area (Å²) < 4.78 is 1.33. The van der Waals surface area contributed by atoms with Gasteiger partial charge in [0.05, 0.1) is 17.4 Å². The van der Waals surface area contributed by atoms with Gasteiger partial charge in [-0.25, -0.2) is 4.79 Å². The van der Waals surface area contributed by atoms with Crippen LogP contribution in [0.25, 0.3) is 0 Å². The third kappa shape index (κ3) is 3.68. The van der Waals surface area contributed by atoms with Gasteiger partial charge in [0, 0.05) is 30.7 Å². The van der Waals surface area contributed by atoms with Gasteiger partial charge in [-0.15, -0.1) is 0 Å². The maximum absolute atomic E-state index is 12.5. The minimum Gasteiger partial charge on any atom is -0.322 e. The van der Waals surface area contributed by atoms with Gasteiger partial charge in [0.25, 0.3) is 0 Å². The fourth-order valence-electron chi connectivity index (χ4n) is 4.08. The van der Waals surface area contributed by atoms with Crippen LogP contribution in [0.15, 0.2) is 36.7 Å². The van der Waals surface area contributed by atoms with Crippen molar-refractivity contribution in [1.82, 2.24) is 20.0 Å². The summed E-state index contributed by atoms with van der Waals surface area (Å²) in [6.07, 6.45) is 5.27. The quantitative estimate of drug-likeness (QED) is 0.886. The largest absolute Gasteiger partial charge is 0.344 e. The predicted molar refractivity (Wildman–Crippen MR) is 97.9 cm³/mol. The molecule has 25 heavy (non-hydrogen) atoms. The Kier molecular flexibility index (Phi) is 4.71. The Hall–Kier alpha value is -1.56. The lowest BCUT2D eigenvalue weighted by Crippen LogP contribution is -2.35. The molecule has 1 amide bonds. The zero-order valence-corrected chi connectivity index (χ0v) is 15.2. The normalized spacial score (nSPS) is 25.4. The van der Waals surface area contributed by atoms with E-state index < -0.39 is 0 Å². The number of amides is 1. The molecule has 1 aromatic heterocycles. The molecule has 1 aliphatic heterocycles. The minimum absolute atomic E-state index is 0.0789. The van der Waals surface area contributed by atoms with Gasteiger partial charge >= 0.3 is 6.03 Å². The number of rotatable bonds is 3. The van der Waals surface area contributed by atoms with Crippen LogP contribution in [0.4, 0.5) is 4.79 Å². The van der Waals surface area contributed by atoms with Crippen LogP contribution in [-0.4, -0.2) is 39.8 Å². The van der Waals surface area contributed by atoms with E-state index in [0.717, 1.165) is 37.5 Å². The molecule has 1 saturated carbocycles. The smallest absolute Gasteiger partial charge is 0.322 e. The highest BCUT2D eigenvalue weighted by molar-refractivity contribution is 6.30. The molecule has 1 aliphatic carbocycles. The van der Waals surface area contributed by atoms with E-state index in [0.29, 0.717) is 22.9 Å². The Morgan fingerprint density at radius 2 is 1.96 bits per heavy atom. The van der Waals surface area contributed by atoms with Gasteiger partial charge in [0.2, 0.25) is 0 Å². The third-order valence-electron chi connectivity index (χ3n) is 5.25. The summed E-state index contributed by atoms with van der Waals surface area (Å²) in [5, 5.41) is 8.90. The van der Waals surface area contributed by atoms with Gasteiger partial charge in [0.1, 0.15) is 0 Å². The molecule has 7 heteroatoms. The molecular weight excluding hydrogens is 359 g/mol. The van der Waals surface area contributed by atoms with E-state index in [2.05, 4.69) is 16.5 Å². The van der Waals surface area contributed by atoms with E-state index in [4.69, 9.17) is 23.2 Å². The highest BCUT2D eigenvalue weighted by atomic mass is 35.5. The van der Waals surface area contributed by atoms with Crippen LogP contribution in [0.2, 0.25) is 10.0 Å². The second-order valence-corrected chi connectivity index (χ2v) is 7.86. The summed E-state index contributed by atoms with van der Waals surface area (Å²) >= 11 is 11.9. The number of benzene rings is 1. The van der Waals surface area contributed by atoms with Crippen molar-refractivity contribution in [3.05, 3.63) is 52.3 Å². The molecular formula is C18H20Cl2N4O. The lowest BCUT2D eigenvalue weighted by molar-refractivity contribution is 0.202. The zero-order valence-electron chi connectivity index (χ0n) is 13.7. The molecule has 0 radical (unpaired) electrons. The first-order valence-corrected chi connectivity index (χ1v) is 9.31. The Morgan fingerprint density at radius 1 is 1.20 bits per heavy atom. The predicted octanol–water partition coefficient (Wildman–Crippen LogP) is 3.66. The number of carbonyl (C=O) groups is 1. The third-order valence-corrected chi connectivity index (χ3v) is 5.68. The second-order valence-electron chi connectivity index (χ2n) is 6.99. The van der Waals surface area contributed by atoms with E-state index in [1.807, 2.05) is 23.1 Å². The zero-order chi connectivity index (χ0) is 17.4. The first-order chi connectivity index (χ1) is 12.1. The summed E-state index contributed by atoms with van der Waals surface area (Å²) in [6, 6.07) is 8.39. The van der Waals surface area contributed by atoms with Crippen molar-refractivity contribution in [2.45, 2.75) is 25.4 Å². The molecule has 4 rings (SSSR count). The van der Waals surface area contributed by atoms with Crippen molar-refractivity contribution >= 4 is 29.2 Å². The SMILES string of the molecule is O=C(N1C[C@H]2C[C@H](NCc3cccc(Cl)c3)C[C@H]2C1)n1cc(Cl)cn1. The molecule has 2 aliphatic rings. The molecule has 132 valence electrons. The fourth-order valence-corrected chi connectivity index (χ4v) is 4.43. The van der Waals surface area contributed by atoms with Crippen LogP contribution in [0.1, 0.15) is 18.4 Å². The molecule has 0 spiro atoms. The maximum atomic E-state index is 12.5. The second kappa shape index (κ2) is 6.98. The Labute approximate surface area is 156 Å². The molecule has 2 heterocycles. The monoisotopic (exact) mass is 378 g/mol. The number of halogens is 2. The summed E-state index contributed by atoms with van der Waals surface area (Å²) in [5.74, 6) is 1.12. The molecule has 0 bridgehead atoms. The molecule has 1 N–H and O–H groups in total. The lowest BCUT2D eigenvalue weighted by Gasteiger charge is -2.19. The van der Waals surface area contributed by atoms with Gasteiger partial charge in [0.15, 0.2) is 0 Å². The summed E-state index contributed by atoms with van der Waals surface area (Å²) in [7, 11) is 0. The Balaban J connectivity index is 1.29. The van der Waals surface area contributed by atoms with E-state index in [-0.39, 0.29) is 6.03 Å². The molecule has 2 fully saturated rings. The molecule has 1 aromatic carbocycles. The van der Waals surface area contributed by atoms with Crippen LogP contribution in [-0.2, 0) is 6.54 Å². The standard InChI is InChI=1S/C18H20Cl2N4O/c19-15-3-1-2-12(4-15)7-21-17-5-13-9-23(10-14(13)6-17)18(25)24-11-16(20)8-22-24/h1-4,8,11,13-14,17,21H,5-7,9-10H2/t13-,14+,17+. The van der Waals surface area contributed by atoms with Crippen molar-refractivity contribution in [1.29, 1.82) is 0 Å². The fraction of sp³-hybridized carbons (Fsp3) is 0.444. The first-order valence-electron chi connectivity index (χ1n) is 8.56. The van der Waals surface area contributed by atoms with Gasteiger partial charge in [-0.2, -0.15) is 9.78 Å². The van der Waals surface area contributed by atoms with Crippen molar-refractivity contribution in [3.63, 3.8) is 0 Å². The average molecular weight is 379 g/mol. The molecule has 5 nitrogen and oxygen atoms in total. The van der Waals surface area contributed by atoms with Crippen LogP contribution in [0.5, 0.6) is 0 Å². The molecule has 0 unspecified atom stereocenters. The highest BCUT2D eigenvalue weighted by Gasteiger charge is 2.42. The number of hydrogen-bond acceptors (Lipinski definition) is 3. The Bertz CT molecular complexity index is 764. The summed E-state index contributed by atoms with van der Waals surface area (Å²) in [5.41, 5.74) is 1.21. The van der Waals surface area contributed by atoms with Crippen molar-refractivity contribution in [3.8, 4) is 0 Å².